The second-order valence-electron chi connectivity index (χ2n) is 8.00. The SMILES string of the molecule is COC(=O)[C@]1(c2ccc3c(ccn3C(=O)OC(C)(C)C)c2)CCCC=CC1=O. The first kappa shape index (κ1) is 19.9. The van der Waals surface area contributed by atoms with E-state index in [9.17, 15) is 14.4 Å². The van der Waals surface area contributed by atoms with E-state index in [0.29, 0.717) is 23.9 Å². The van der Waals surface area contributed by atoms with Crippen molar-refractivity contribution in [2.45, 2.75) is 51.0 Å². The molecule has 2 aromatic rings. The quantitative estimate of drug-likeness (QED) is 0.575. The highest BCUT2D eigenvalue weighted by Gasteiger charge is 2.47. The fourth-order valence-corrected chi connectivity index (χ4v) is 3.60. The zero-order chi connectivity index (χ0) is 20.5. The van der Waals surface area contributed by atoms with Crippen molar-refractivity contribution in [1.82, 2.24) is 4.57 Å². The molecule has 1 aliphatic carbocycles. The molecule has 0 aliphatic heterocycles. The number of carbonyl (C=O) groups excluding carboxylic acids is 3. The first-order valence-electron chi connectivity index (χ1n) is 9.33. The lowest BCUT2D eigenvalue weighted by Gasteiger charge is -2.28. The average molecular weight is 383 g/mol. The molecule has 0 saturated carbocycles. The van der Waals surface area contributed by atoms with E-state index in [1.807, 2.05) is 0 Å². The lowest BCUT2D eigenvalue weighted by atomic mass is 9.73. The molecule has 1 aliphatic rings. The van der Waals surface area contributed by atoms with E-state index in [4.69, 9.17) is 9.47 Å². The normalized spacial score (nSPS) is 20.1. The molecule has 148 valence electrons. The number of ketones is 1. The van der Waals surface area contributed by atoms with Crippen LogP contribution in [0.5, 0.6) is 0 Å². The fourth-order valence-electron chi connectivity index (χ4n) is 3.60. The number of benzene rings is 1. The van der Waals surface area contributed by atoms with Crippen molar-refractivity contribution in [3.05, 3.63) is 48.2 Å². The van der Waals surface area contributed by atoms with E-state index in [0.717, 1.165) is 11.8 Å². The number of nitrogens with zero attached hydrogens (tertiary/aromatic N) is 1. The maximum absolute atomic E-state index is 12.9. The summed E-state index contributed by atoms with van der Waals surface area (Å²) < 4.78 is 11.9. The Morgan fingerprint density at radius 1 is 1.18 bits per heavy atom. The van der Waals surface area contributed by atoms with Crippen LogP contribution in [0, 0.1) is 0 Å². The van der Waals surface area contributed by atoms with Crippen LogP contribution in [0.3, 0.4) is 0 Å². The third-order valence-corrected chi connectivity index (χ3v) is 4.92. The Bertz CT molecular complexity index is 963. The number of rotatable bonds is 2. The van der Waals surface area contributed by atoms with Gasteiger partial charge in [0.15, 0.2) is 11.2 Å². The molecule has 0 radical (unpaired) electrons. The molecule has 6 heteroatoms. The highest BCUT2D eigenvalue weighted by Crippen LogP contribution is 2.37. The molecule has 0 N–H and O–H groups in total. The second kappa shape index (κ2) is 7.26. The van der Waals surface area contributed by atoms with Crippen molar-refractivity contribution >= 4 is 28.7 Å². The molecule has 0 unspecified atom stereocenters. The predicted molar refractivity (Wildman–Crippen MR) is 105 cm³/mol. The molecule has 0 bridgehead atoms. The summed E-state index contributed by atoms with van der Waals surface area (Å²) in [5.41, 5.74) is -0.744. The molecule has 0 saturated heterocycles. The first-order chi connectivity index (χ1) is 13.2. The maximum atomic E-state index is 12.9. The number of allylic oxidation sites excluding steroid dienone is 2. The number of methoxy groups -OCH3 is 1. The number of hydrogen-bond acceptors (Lipinski definition) is 5. The van der Waals surface area contributed by atoms with Gasteiger partial charge in [-0.3, -0.25) is 14.2 Å². The monoisotopic (exact) mass is 383 g/mol. The van der Waals surface area contributed by atoms with E-state index in [1.54, 1.807) is 57.3 Å². The van der Waals surface area contributed by atoms with E-state index in [-0.39, 0.29) is 5.78 Å². The summed E-state index contributed by atoms with van der Waals surface area (Å²) in [6.45, 7) is 5.42. The smallest absolute Gasteiger partial charge is 0.418 e. The van der Waals surface area contributed by atoms with Gasteiger partial charge in [0.05, 0.1) is 12.6 Å². The van der Waals surface area contributed by atoms with Gasteiger partial charge in [-0.25, -0.2) is 4.79 Å². The van der Waals surface area contributed by atoms with Crippen molar-refractivity contribution in [3.8, 4) is 0 Å². The minimum atomic E-state index is -1.36. The molecule has 0 fully saturated rings. The van der Waals surface area contributed by atoms with Crippen LogP contribution in [0.4, 0.5) is 4.79 Å². The first-order valence-corrected chi connectivity index (χ1v) is 9.33. The fraction of sp³-hybridized carbons (Fsp3) is 0.409. The largest absolute Gasteiger partial charge is 0.468 e. The van der Waals surface area contributed by atoms with Gasteiger partial charge in [-0.1, -0.05) is 12.1 Å². The summed E-state index contributed by atoms with van der Waals surface area (Å²) in [5.74, 6) is -0.835. The lowest BCUT2D eigenvalue weighted by molar-refractivity contribution is -0.151. The number of aromatic nitrogens is 1. The van der Waals surface area contributed by atoms with Crippen LogP contribution in [-0.4, -0.2) is 35.1 Å². The van der Waals surface area contributed by atoms with Crippen LogP contribution in [0.2, 0.25) is 0 Å². The number of hydrogen-bond donors (Lipinski definition) is 0. The van der Waals surface area contributed by atoms with Crippen LogP contribution in [0.15, 0.2) is 42.6 Å². The van der Waals surface area contributed by atoms with Crippen molar-refractivity contribution < 1.29 is 23.9 Å². The molecule has 1 atom stereocenters. The number of esters is 1. The van der Waals surface area contributed by atoms with Gasteiger partial charge in [0, 0.05) is 11.6 Å². The summed E-state index contributed by atoms with van der Waals surface area (Å²) in [7, 11) is 1.30. The molecule has 6 nitrogen and oxygen atoms in total. The number of carbonyl (C=O) groups is 3. The molecular weight excluding hydrogens is 358 g/mol. The van der Waals surface area contributed by atoms with Gasteiger partial charge in [-0.05, 0) is 69.9 Å². The maximum Gasteiger partial charge on any atom is 0.418 e. The zero-order valence-corrected chi connectivity index (χ0v) is 16.7. The standard InChI is InChI=1S/C22H25NO5/c1-21(2,3)28-20(26)23-13-11-15-14-16(9-10-17(15)23)22(19(25)27-4)12-7-5-6-8-18(22)24/h6,8-11,13-14H,5,7,12H2,1-4H3/t22-/m0/s1. The summed E-state index contributed by atoms with van der Waals surface area (Å²) in [6.07, 6.45) is 6.23. The van der Waals surface area contributed by atoms with Crippen molar-refractivity contribution in [3.63, 3.8) is 0 Å². The zero-order valence-electron chi connectivity index (χ0n) is 16.7. The lowest BCUT2D eigenvalue weighted by Crippen LogP contribution is -2.43. The van der Waals surface area contributed by atoms with Crippen molar-refractivity contribution in [2.24, 2.45) is 0 Å². The average Bonchev–Trinajstić information content (AvgIpc) is 2.96. The van der Waals surface area contributed by atoms with Gasteiger partial charge >= 0.3 is 12.1 Å². The Kier molecular flexibility index (Phi) is 5.15. The van der Waals surface area contributed by atoms with Gasteiger partial charge in [-0.2, -0.15) is 0 Å². The van der Waals surface area contributed by atoms with Crippen LogP contribution >= 0.6 is 0 Å². The van der Waals surface area contributed by atoms with Gasteiger partial charge < -0.3 is 9.47 Å². The van der Waals surface area contributed by atoms with Gasteiger partial charge in [-0.15, -0.1) is 0 Å². The van der Waals surface area contributed by atoms with E-state index < -0.39 is 23.1 Å². The summed E-state index contributed by atoms with van der Waals surface area (Å²) in [5, 5.41) is 0.743. The summed E-state index contributed by atoms with van der Waals surface area (Å²) >= 11 is 0. The Hall–Kier alpha value is -2.89. The Morgan fingerprint density at radius 2 is 1.93 bits per heavy atom. The van der Waals surface area contributed by atoms with Gasteiger partial charge in [0.2, 0.25) is 0 Å². The van der Waals surface area contributed by atoms with Crippen LogP contribution in [0.25, 0.3) is 10.9 Å². The van der Waals surface area contributed by atoms with E-state index in [2.05, 4.69) is 0 Å². The molecule has 1 aromatic heterocycles. The summed E-state index contributed by atoms with van der Waals surface area (Å²) in [6, 6.07) is 7.01. The molecular formula is C22H25NO5. The van der Waals surface area contributed by atoms with Gasteiger partial charge in [0.1, 0.15) is 5.60 Å². The van der Waals surface area contributed by atoms with Crippen molar-refractivity contribution in [1.29, 1.82) is 0 Å². The highest BCUT2D eigenvalue weighted by atomic mass is 16.6. The molecule has 28 heavy (non-hydrogen) atoms. The predicted octanol–water partition coefficient (Wildman–Crippen LogP) is 4.14. The van der Waals surface area contributed by atoms with Crippen LogP contribution < -0.4 is 0 Å². The topological polar surface area (TPSA) is 74.6 Å². The van der Waals surface area contributed by atoms with E-state index in [1.165, 1.54) is 17.8 Å². The number of ether oxygens (including phenoxy) is 2. The third kappa shape index (κ3) is 3.46. The number of fused-ring (bicyclic) bond motifs is 1. The third-order valence-electron chi connectivity index (χ3n) is 4.92. The Balaban J connectivity index is 2.08. The minimum absolute atomic E-state index is 0.275. The van der Waals surface area contributed by atoms with Crippen LogP contribution in [-0.2, 0) is 24.5 Å². The molecule has 0 spiro atoms. The highest BCUT2D eigenvalue weighted by molar-refractivity contribution is 6.15. The molecule has 3 rings (SSSR count). The summed E-state index contributed by atoms with van der Waals surface area (Å²) in [4.78, 5) is 38.0. The van der Waals surface area contributed by atoms with Crippen molar-refractivity contribution in [2.75, 3.05) is 7.11 Å². The van der Waals surface area contributed by atoms with Crippen LogP contribution in [0.1, 0.15) is 45.6 Å². The Labute approximate surface area is 164 Å². The van der Waals surface area contributed by atoms with Gasteiger partial charge in [0.25, 0.3) is 0 Å². The molecule has 1 aromatic carbocycles. The van der Waals surface area contributed by atoms with E-state index >= 15 is 0 Å². The molecule has 0 amide bonds. The minimum Gasteiger partial charge on any atom is -0.468 e. The Morgan fingerprint density at radius 3 is 2.61 bits per heavy atom. The second-order valence-corrected chi connectivity index (χ2v) is 8.00. The molecule has 1 heterocycles.